The smallest absolute Gasteiger partial charge is 0.331 e. The minimum atomic E-state index is -3.73. The molecule has 0 spiro atoms. The molecule has 0 N–H and O–H groups in total. The van der Waals surface area contributed by atoms with Gasteiger partial charge in [0, 0.05) is 0 Å². The lowest BCUT2D eigenvalue weighted by molar-refractivity contribution is -0.868. The highest BCUT2D eigenvalue weighted by atomic mass is 32.3. The van der Waals surface area contributed by atoms with Crippen molar-refractivity contribution in [2.45, 2.75) is 90.9 Å². The van der Waals surface area contributed by atoms with E-state index < -0.39 is 10.4 Å². The van der Waals surface area contributed by atoms with Crippen LogP contribution in [0.2, 0.25) is 0 Å². The molecular weight excluding hydrogens is 350 g/mol. The molecule has 5 nitrogen and oxygen atoms in total. The fraction of sp³-hybridized carbons (Fsp3) is 1.00. The van der Waals surface area contributed by atoms with Gasteiger partial charge in [0.05, 0.1) is 41.4 Å². The molecule has 0 aliphatic heterocycles. The highest BCUT2D eigenvalue weighted by Gasteiger charge is 2.07. The Morgan fingerprint density at radius 3 is 1.35 bits per heavy atom. The standard InChI is InChI=1S/C15H32O4S.C5H14N/c1-3-4-5-6-7-8-9-10-11-12-13-14-15-19-20(16,17)18-2;1-5-6(2,3)4/h3-15H2,1-2H3;5H2,1-4H3/q;+1. The lowest BCUT2D eigenvalue weighted by Gasteiger charge is -2.20. The Bertz CT molecular complexity index is 378. The van der Waals surface area contributed by atoms with Gasteiger partial charge in [-0.15, -0.1) is 0 Å². The Kier molecular flexibility index (Phi) is 19.6. The average molecular weight is 397 g/mol. The van der Waals surface area contributed by atoms with Crippen LogP contribution in [-0.4, -0.2) is 54.3 Å². The van der Waals surface area contributed by atoms with E-state index in [0.717, 1.165) is 30.9 Å². The van der Waals surface area contributed by atoms with Gasteiger partial charge in [-0.05, 0) is 13.3 Å². The lowest BCUT2D eigenvalue weighted by Crippen LogP contribution is -2.33. The summed E-state index contributed by atoms with van der Waals surface area (Å²) in [6, 6.07) is 0. The van der Waals surface area contributed by atoms with Gasteiger partial charge in [-0.25, -0.2) is 4.18 Å². The van der Waals surface area contributed by atoms with Crippen LogP contribution in [0, 0.1) is 0 Å². The normalized spacial score (nSPS) is 11.9. The van der Waals surface area contributed by atoms with Crippen molar-refractivity contribution >= 4 is 10.4 Å². The van der Waals surface area contributed by atoms with Crippen molar-refractivity contribution in [3.8, 4) is 0 Å². The summed E-state index contributed by atoms with van der Waals surface area (Å²) < 4.78 is 31.6. The van der Waals surface area contributed by atoms with E-state index in [1.165, 1.54) is 64.3 Å². The molecule has 0 radical (unpaired) electrons. The van der Waals surface area contributed by atoms with E-state index in [-0.39, 0.29) is 6.61 Å². The highest BCUT2D eigenvalue weighted by Crippen LogP contribution is 2.12. The zero-order chi connectivity index (χ0) is 20.3. The van der Waals surface area contributed by atoms with E-state index in [1.54, 1.807) is 0 Å². The molecule has 0 saturated heterocycles. The highest BCUT2D eigenvalue weighted by molar-refractivity contribution is 7.81. The van der Waals surface area contributed by atoms with Crippen molar-refractivity contribution in [1.29, 1.82) is 0 Å². The molecule has 0 aliphatic rings. The van der Waals surface area contributed by atoms with Crippen molar-refractivity contribution < 1.29 is 21.3 Å². The van der Waals surface area contributed by atoms with Gasteiger partial charge >= 0.3 is 10.4 Å². The number of nitrogens with zero attached hydrogens (tertiary/aromatic N) is 1. The minimum absolute atomic E-state index is 0.230. The monoisotopic (exact) mass is 396 g/mol. The molecule has 160 valence electrons. The molecular formula is C20H46NO4S+. The lowest BCUT2D eigenvalue weighted by atomic mass is 10.1. The van der Waals surface area contributed by atoms with Gasteiger partial charge in [0.15, 0.2) is 0 Å². The van der Waals surface area contributed by atoms with Crippen molar-refractivity contribution in [3.63, 3.8) is 0 Å². The number of rotatable bonds is 16. The Hall–Kier alpha value is -0.170. The number of hydrogen-bond donors (Lipinski definition) is 0. The first-order chi connectivity index (χ1) is 12.2. The Balaban J connectivity index is 0. The summed E-state index contributed by atoms with van der Waals surface area (Å²) in [6.07, 6.45) is 15.0. The van der Waals surface area contributed by atoms with Gasteiger partial charge in [0.25, 0.3) is 0 Å². The summed E-state index contributed by atoms with van der Waals surface area (Å²) in [5.41, 5.74) is 0. The SMILES string of the molecule is CCCCCCCCCCCCCCOS(=O)(=O)OC.CC[N+](C)(C)C. The maximum Gasteiger partial charge on any atom is 0.399 e. The van der Waals surface area contributed by atoms with Crippen LogP contribution in [0.5, 0.6) is 0 Å². The van der Waals surface area contributed by atoms with Crippen LogP contribution >= 0.6 is 0 Å². The number of unbranched alkanes of at least 4 members (excludes halogenated alkanes) is 11. The van der Waals surface area contributed by atoms with Gasteiger partial charge < -0.3 is 4.48 Å². The van der Waals surface area contributed by atoms with Gasteiger partial charge in [-0.3, -0.25) is 4.18 Å². The van der Waals surface area contributed by atoms with E-state index in [4.69, 9.17) is 0 Å². The van der Waals surface area contributed by atoms with Crippen molar-refractivity contribution in [3.05, 3.63) is 0 Å². The number of hydrogen-bond acceptors (Lipinski definition) is 4. The predicted octanol–water partition coefficient (Wildman–Crippen LogP) is 5.31. The van der Waals surface area contributed by atoms with Crippen LogP contribution in [0.25, 0.3) is 0 Å². The molecule has 0 fully saturated rings. The zero-order valence-electron chi connectivity index (χ0n) is 18.4. The molecule has 0 aromatic carbocycles. The van der Waals surface area contributed by atoms with Gasteiger partial charge in [-0.2, -0.15) is 8.42 Å². The van der Waals surface area contributed by atoms with E-state index in [0.29, 0.717) is 0 Å². The fourth-order valence-corrected chi connectivity index (χ4v) is 2.57. The molecule has 0 amide bonds. The summed E-state index contributed by atoms with van der Waals surface area (Å²) in [5, 5.41) is 0. The molecule has 0 unspecified atom stereocenters. The topological polar surface area (TPSA) is 52.6 Å². The first-order valence-electron chi connectivity index (χ1n) is 10.4. The molecule has 0 saturated carbocycles. The minimum Gasteiger partial charge on any atom is -0.331 e. The zero-order valence-corrected chi connectivity index (χ0v) is 19.2. The van der Waals surface area contributed by atoms with Crippen LogP contribution in [0.15, 0.2) is 0 Å². The maximum atomic E-state index is 10.9. The third kappa shape index (κ3) is 26.1. The Morgan fingerprint density at radius 1 is 0.692 bits per heavy atom. The number of quaternary nitrogens is 1. The summed E-state index contributed by atoms with van der Waals surface area (Å²) in [6.45, 7) is 5.86. The molecule has 26 heavy (non-hydrogen) atoms. The summed E-state index contributed by atoms with van der Waals surface area (Å²) in [7, 11) is 3.92. The summed E-state index contributed by atoms with van der Waals surface area (Å²) in [5.74, 6) is 0. The quantitative estimate of drug-likeness (QED) is 0.262. The van der Waals surface area contributed by atoms with E-state index in [9.17, 15) is 8.42 Å². The molecule has 0 bridgehead atoms. The fourth-order valence-electron chi connectivity index (χ4n) is 2.15. The first kappa shape index (κ1) is 28.0. The molecule has 0 rings (SSSR count). The molecule has 0 aromatic rings. The van der Waals surface area contributed by atoms with Crippen molar-refractivity contribution in [2.75, 3.05) is 41.4 Å². The largest absolute Gasteiger partial charge is 0.399 e. The molecule has 6 heteroatoms. The Labute approximate surface area is 164 Å². The maximum absolute atomic E-state index is 10.9. The molecule has 0 atom stereocenters. The third-order valence-electron chi connectivity index (χ3n) is 4.38. The second kappa shape index (κ2) is 18.2. The Morgan fingerprint density at radius 2 is 1.04 bits per heavy atom. The molecule has 0 aliphatic carbocycles. The summed E-state index contributed by atoms with van der Waals surface area (Å²) in [4.78, 5) is 0. The van der Waals surface area contributed by atoms with Crippen LogP contribution in [0.3, 0.4) is 0 Å². The van der Waals surface area contributed by atoms with Crippen LogP contribution in [0.4, 0.5) is 0 Å². The predicted molar refractivity (Wildman–Crippen MR) is 112 cm³/mol. The van der Waals surface area contributed by atoms with Crippen LogP contribution in [-0.2, 0) is 18.8 Å². The molecule has 0 aromatic heterocycles. The van der Waals surface area contributed by atoms with Gasteiger partial charge in [-0.1, -0.05) is 77.6 Å². The molecule has 0 heterocycles. The van der Waals surface area contributed by atoms with Crippen LogP contribution in [0.1, 0.15) is 90.9 Å². The van der Waals surface area contributed by atoms with Gasteiger partial charge in [0.1, 0.15) is 0 Å². The van der Waals surface area contributed by atoms with Crippen molar-refractivity contribution in [2.24, 2.45) is 0 Å². The third-order valence-corrected chi connectivity index (χ3v) is 5.24. The summed E-state index contributed by atoms with van der Waals surface area (Å²) >= 11 is 0. The second-order valence-corrected chi connectivity index (χ2v) is 9.28. The van der Waals surface area contributed by atoms with E-state index in [2.05, 4.69) is 43.4 Å². The average Bonchev–Trinajstić information content (AvgIpc) is 2.59. The van der Waals surface area contributed by atoms with Crippen LogP contribution < -0.4 is 0 Å². The van der Waals surface area contributed by atoms with E-state index >= 15 is 0 Å². The van der Waals surface area contributed by atoms with Crippen molar-refractivity contribution in [1.82, 2.24) is 0 Å². The second-order valence-electron chi connectivity index (χ2n) is 7.89. The van der Waals surface area contributed by atoms with E-state index in [1.807, 2.05) is 0 Å². The van der Waals surface area contributed by atoms with Gasteiger partial charge in [0.2, 0.25) is 0 Å². The first-order valence-corrected chi connectivity index (χ1v) is 11.8.